The molecule has 0 saturated heterocycles. The molecule has 0 unspecified atom stereocenters. The number of alkyl halides is 3. The van der Waals surface area contributed by atoms with Crippen LogP contribution in [0.2, 0.25) is 0 Å². The topological polar surface area (TPSA) is 0 Å². The summed E-state index contributed by atoms with van der Waals surface area (Å²) < 4.78 is 52.4. The molecule has 0 aromatic heterocycles. The molecule has 0 bridgehead atoms. The Kier molecular flexibility index (Phi) is 4.74. The fourth-order valence-corrected chi connectivity index (χ4v) is 1.84. The molecule has 1 aromatic carbocycles. The quantitative estimate of drug-likeness (QED) is 0.421. The smallest absolute Gasteiger partial charge is 0.206 e. The summed E-state index contributed by atoms with van der Waals surface area (Å²) in [5, 5.41) is 0. The van der Waals surface area contributed by atoms with Gasteiger partial charge in [0.2, 0.25) is 0 Å². The van der Waals surface area contributed by atoms with E-state index in [1.807, 2.05) is 35.0 Å². The van der Waals surface area contributed by atoms with E-state index in [0.717, 1.165) is 12.1 Å². The summed E-state index contributed by atoms with van der Waals surface area (Å²) >= 11 is 1.95. The summed E-state index contributed by atoms with van der Waals surface area (Å²) in [5.74, 6) is -2.47. The maximum absolute atomic E-state index is 13.3. The van der Waals surface area contributed by atoms with Gasteiger partial charge >= 0.3 is 4.83 Å². The largest absolute Gasteiger partial charge is 0.332 e. The van der Waals surface area contributed by atoms with Crippen molar-refractivity contribution in [1.29, 1.82) is 0 Å². The van der Waals surface area contributed by atoms with Crippen LogP contribution in [-0.4, -0.2) is 0 Å². The highest BCUT2D eigenvalue weighted by molar-refractivity contribution is 9.09. The number of hydrogen-bond donors (Lipinski definition) is 0. The molecule has 0 N–H and O–H groups in total. The van der Waals surface area contributed by atoms with E-state index < -0.39 is 22.0 Å². The Bertz CT molecular complexity index is 398. The highest BCUT2D eigenvalue weighted by Gasteiger charge is 2.34. The molecule has 0 spiro atoms. The zero-order chi connectivity index (χ0) is 13.1. The van der Waals surface area contributed by atoms with Crippen molar-refractivity contribution in [2.24, 2.45) is 0 Å². The summed E-state index contributed by atoms with van der Waals surface area (Å²) in [6.07, 6.45) is 4.67. The van der Waals surface area contributed by atoms with Gasteiger partial charge in [0.25, 0.3) is 0 Å². The second kappa shape index (κ2) is 5.67. The third kappa shape index (κ3) is 3.84. The average molecular weight is 311 g/mol. The second-order valence-electron chi connectivity index (χ2n) is 3.54. The lowest BCUT2D eigenvalue weighted by Crippen LogP contribution is -2.10. The third-order valence-electron chi connectivity index (χ3n) is 2.22. The van der Waals surface area contributed by atoms with Crippen LogP contribution in [0.15, 0.2) is 24.3 Å². The highest BCUT2D eigenvalue weighted by atomic mass is 79.9. The Balaban J connectivity index is 3.01. The molecule has 1 rings (SSSR count). The van der Waals surface area contributed by atoms with E-state index in [0.29, 0.717) is 18.4 Å². The van der Waals surface area contributed by atoms with Crippen molar-refractivity contribution in [2.75, 3.05) is 0 Å². The first kappa shape index (κ1) is 14.2. The van der Waals surface area contributed by atoms with Crippen LogP contribution in [-0.2, 0) is 11.3 Å². The Morgan fingerprint density at radius 2 is 1.76 bits per heavy atom. The van der Waals surface area contributed by atoms with Gasteiger partial charge in [0.15, 0.2) is 0 Å². The summed E-state index contributed by atoms with van der Waals surface area (Å²) in [4.78, 5) is -3.69. The zero-order valence-corrected chi connectivity index (χ0v) is 10.7. The molecular weight excluding hydrogens is 300 g/mol. The third-order valence-corrected chi connectivity index (χ3v) is 2.62. The Hall–Kier alpha value is -0.840. The predicted octanol–water partition coefficient (Wildman–Crippen LogP) is 4.92. The normalized spacial score (nSPS) is 12.4. The minimum atomic E-state index is -3.69. The van der Waals surface area contributed by atoms with E-state index in [9.17, 15) is 17.6 Å². The number of rotatable bonds is 4. The minimum Gasteiger partial charge on any atom is -0.206 e. The van der Waals surface area contributed by atoms with E-state index >= 15 is 0 Å². The van der Waals surface area contributed by atoms with E-state index in [1.54, 1.807) is 0 Å². The Labute approximate surface area is 105 Å². The lowest BCUT2D eigenvalue weighted by Gasteiger charge is -2.12. The van der Waals surface area contributed by atoms with Crippen LogP contribution in [0.3, 0.4) is 0 Å². The first-order valence-electron chi connectivity index (χ1n) is 5.02. The van der Waals surface area contributed by atoms with Crippen LogP contribution >= 0.6 is 15.9 Å². The first-order valence-corrected chi connectivity index (χ1v) is 5.82. The zero-order valence-electron chi connectivity index (χ0n) is 9.11. The van der Waals surface area contributed by atoms with Crippen molar-refractivity contribution in [1.82, 2.24) is 0 Å². The van der Waals surface area contributed by atoms with Gasteiger partial charge in [-0.05, 0) is 53.4 Å². The summed E-state index contributed by atoms with van der Waals surface area (Å²) in [6, 6.07) is 1.88. The van der Waals surface area contributed by atoms with Gasteiger partial charge in [0.1, 0.15) is 17.2 Å². The molecule has 1 aromatic rings. The number of halogens is 5. The van der Waals surface area contributed by atoms with Gasteiger partial charge < -0.3 is 0 Å². The lowest BCUT2D eigenvalue weighted by molar-refractivity contribution is 0.105. The van der Waals surface area contributed by atoms with Crippen LogP contribution < -0.4 is 0 Å². The van der Waals surface area contributed by atoms with Crippen LogP contribution in [0.1, 0.15) is 24.5 Å². The molecule has 0 fully saturated rings. The fourth-order valence-electron chi connectivity index (χ4n) is 1.46. The molecule has 0 aliphatic heterocycles. The van der Waals surface area contributed by atoms with E-state index in [1.165, 1.54) is 0 Å². The van der Waals surface area contributed by atoms with Crippen molar-refractivity contribution < 1.29 is 17.6 Å². The molecule has 0 amide bonds. The van der Waals surface area contributed by atoms with E-state index in [-0.39, 0.29) is 0 Å². The Morgan fingerprint density at radius 1 is 1.24 bits per heavy atom. The van der Waals surface area contributed by atoms with Gasteiger partial charge in [0.05, 0.1) is 0 Å². The SMILES string of the molecule is CC=CCCc1cc(F)c(C(F)(F)Br)c(F)c1. The van der Waals surface area contributed by atoms with Gasteiger partial charge in [-0.2, -0.15) is 8.78 Å². The monoisotopic (exact) mass is 310 g/mol. The van der Waals surface area contributed by atoms with Gasteiger partial charge in [-0.15, -0.1) is 0 Å². The Morgan fingerprint density at radius 3 is 2.18 bits per heavy atom. The number of hydrogen-bond acceptors (Lipinski definition) is 0. The number of aryl methyl sites for hydroxylation is 1. The summed E-state index contributed by atoms with van der Waals surface area (Å²) in [6.45, 7) is 1.83. The molecule has 0 nitrogen and oxygen atoms in total. The molecular formula is C12H11BrF4. The van der Waals surface area contributed by atoms with Crippen LogP contribution in [0.5, 0.6) is 0 Å². The van der Waals surface area contributed by atoms with E-state index in [4.69, 9.17) is 0 Å². The standard InChI is InChI=1S/C12H11BrF4/c1-2-3-4-5-8-6-9(14)11(10(15)7-8)12(13,16)17/h2-3,6-7H,4-5H2,1H3. The molecule has 0 aliphatic rings. The van der Waals surface area contributed by atoms with Crippen LogP contribution in [0, 0.1) is 11.6 Å². The maximum atomic E-state index is 13.3. The fraction of sp³-hybridized carbons (Fsp3) is 0.333. The maximum Gasteiger partial charge on any atom is 0.332 e. The first-order chi connectivity index (χ1) is 7.86. The molecule has 94 valence electrons. The minimum absolute atomic E-state index is 0.360. The molecule has 0 aliphatic carbocycles. The van der Waals surface area contributed by atoms with Crippen molar-refractivity contribution in [2.45, 2.75) is 24.6 Å². The summed E-state index contributed by atoms with van der Waals surface area (Å²) in [5.41, 5.74) is -0.883. The van der Waals surface area contributed by atoms with Crippen LogP contribution in [0.4, 0.5) is 17.6 Å². The van der Waals surface area contributed by atoms with Crippen molar-refractivity contribution in [3.8, 4) is 0 Å². The van der Waals surface area contributed by atoms with Gasteiger partial charge in [-0.25, -0.2) is 8.78 Å². The predicted molar refractivity (Wildman–Crippen MR) is 62.3 cm³/mol. The number of benzene rings is 1. The van der Waals surface area contributed by atoms with Gasteiger partial charge in [-0.1, -0.05) is 12.2 Å². The van der Waals surface area contributed by atoms with Crippen molar-refractivity contribution in [3.63, 3.8) is 0 Å². The summed E-state index contributed by atoms with van der Waals surface area (Å²) in [7, 11) is 0. The number of allylic oxidation sites excluding steroid dienone is 2. The van der Waals surface area contributed by atoms with Crippen molar-refractivity contribution >= 4 is 15.9 Å². The van der Waals surface area contributed by atoms with E-state index in [2.05, 4.69) is 0 Å². The average Bonchev–Trinajstić information content (AvgIpc) is 2.14. The second-order valence-corrected chi connectivity index (χ2v) is 4.54. The molecule has 0 radical (unpaired) electrons. The molecule has 0 saturated carbocycles. The molecule has 5 heteroatoms. The molecule has 0 heterocycles. The van der Waals surface area contributed by atoms with Crippen LogP contribution in [0.25, 0.3) is 0 Å². The van der Waals surface area contributed by atoms with Gasteiger partial charge in [0, 0.05) is 0 Å². The highest BCUT2D eigenvalue weighted by Crippen LogP contribution is 2.38. The molecule has 17 heavy (non-hydrogen) atoms. The van der Waals surface area contributed by atoms with Gasteiger partial charge in [-0.3, -0.25) is 0 Å². The van der Waals surface area contributed by atoms with Crippen molar-refractivity contribution in [3.05, 3.63) is 47.0 Å². The lowest BCUT2D eigenvalue weighted by atomic mass is 10.1. The molecule has 0 atom stereocenters.